The van der Waals surface area contributed by atoms with Gasteiger partial charge in [0, 0.05) is 17.3 Å². The van der Waals surface area contributed by atoms with Crippen LogP contribution in [-0.4, -0.2) is 25.0 Å². The van der Waals surface area contributed by atoms with E-state index in [-0.39, 0.29) is 10.3 Å². The highest BCUT2D eigenvalue weighted by Gasteiger charge is 2.37. The molecule has 1 aliphatic rings. The molecule has 3 rings (SSSR count). The Bertz CT molecular complexity index is 780. The number of sulfonamides is 1. The van der Waals surface area contributed by atoms with Crippen molar-refractivity contribution in [3.8, 4) is 0 Å². The lowest BCUT2D eigenvalue weighted by Crippen LogP contribution is -2.30. The number of benzene rings is 2. The molecule has 2 aromatic carbocycles. The molecule has 1 atom stereocenters. The van der Waals surface area contributed by atoms with Crippen molar-refractivity contribution in [2.75, 3.05) is 12.3 Å². The van der Waals surface area contributed by atoms with E-state index in [9.17, 15) is 12.8 Å². The summed E-state index contributed by atoms with van der Waals surface area (Å²) in [6.07, 6.45) is 0. The topological polar surface area (TPSA) is 37.4 Å². The molecule has 0 bridgehead atoms. The molecule has 0 amide bonds. The zero-order valence-electron chi connectivity index (χ0n) is 11.4. The molecule has 0 radical (unpaired) electrons. The van der Waals surface area contributed by atoms with Crippen LogP contribution in [0.2, 0.25) is 5.02 Å². The van der Waals surface area contributed by atoms with E-state index >= 15 is 0 Å². The lowest BCUT2D eigenvalue weighted by molar-refractivity contribution is 0.434. The van der Waals surface area contributed by atoms with Gasteiger partial charge in [0.1, 0.15) is 5.82 Å². The fraction of sp³-hybridized carbons (Fsp3) is 0.200. The Morgan fingerprint density at radius 1 is 1.14 bits per heavy atom. The van der Waals surface area contributed by atoms with Gasteiger partial charge in [-0.05, 0) is 35.9 Å². The molecule has 1 saturated heterocycles. The van der Waals surface area contributed by atoms with E-state index in [1.807, 2.05) is 18.2 Å². The molecule has 1 unspecified atom stereocenters. The van der Waals surface area contributed by atoms with E-state index in [4.69, 9.17) is 11.6 Å². The van der Waals surface area contributed by atoms with E-state index in [1.165, 1.54) is 28.2 Å². The zero-order chi connectivity index (χ0) is 15.7. The largest absolute Gasteiger partial charge is 0.244 e. The van der Waals surface area contributed by atoms with Crippen LogP contribution in [-0.2, 0) is 10.0 Å². The van der Waals surface area contributed by atoms with Crippen molar-refractivity contribution in [1.82, 2.24) is 4.31 Å². The normalized spacial score (nSPS) is 19.5. The summed E-state index contributed by atoms with van der Waals surface area (Å²) in [6, 6.07) is 12.1. The summed E-state index contributed by atoms with van der Waals surface area (Å²) in [4.78, 5) is 0.0912. The fourth-order valence-corrected chi connectivity index (χ4v) is 5.94. The van der Waals surface area contributed by atoms with Crippen LogP contribution in [0.15, 0.2) is 53.4 Å². The first-order valence-corrected chi connectivity index (χ1v) is 9.50. The Kier molecular flexibility index (Phi) is 4.45. The van der Waals surface area contributed by atoms with Crippen molar-refractivity contribution >= 4 is 33.4 Å². The Hall–Kier alpha value is -1.08. The molecule has 0 N–H and O–H groups in total. The summed E-state index contributed by atoms with van der Waals surface area (Å²) < 4.78 is 40.0. The molecule has 1 aliphatic heterocycles. The van der Waals surface area contributed by atoms with Gasteiger partial charge in [0.2, 0.25) is 10.0 Å². The molecule has 1 heterocycles. The van der Waals surface area contributed by atoms with Crippen LogP contribution in [0.5, 0.6) is 0 Å². The molecule has 7 heteroatoms. The molecule has 0 aromatic heterocycles. The number of halogens is 2. The van der Waals surface area contributed by atoms with Gasteiger partial charge in [0.25, 0.3) is 0 Å². The third-order valence-electron chi connectivity index (χ3n) is 3.44. The highest BCUT2D eigenvalue weighted by molar-refractivity contribution is 8.01. The quantitative estimate of drug-likeness (QED) is 0.835. The molecule has 0 spiro atoms. The number of nitrogens with zero attached hydrogens (tertiary/aromatic N) is 1. The van der Waals surface area contributed by atoms with Crippen molar-refractivity contribution < 1.29 is 12.8 Å². The maximum Gasteiger partial charge on any atom is 0.244 e. The Labute approximate surface area is 138 Å². The van der Waals surface area contributed by atoms with Gasteiger partial charge in [0.15, 0.2) is 0 Å². The van der Waals surface area contributed by atoms with Crippen molar-refractivity contribution in [1.29, 1.82) is 0 Å². The van der Waals surface area contributed by atoms with Gasteiger partial charge >= 0.3 is 0 Å². The molecular formula is C15H13ClFNO2S2. The van der Waals surface area contributed by atoms with Crippen molar-refractivity contribution in [2.24, 2.45) is 0 Å². The first kappa shape index (κ1) is 15.8. The summed E-state index contributed by atoms with van der Waals surface area (Å²) in [5.74, 6) is 0.230. The highest BCUT2D eigenvalue weighted by Crippen LogP contribution is 2.43. The van der Waals surface area contributed by atoms with Gasteiger partial charge in [0.05, 0.1) is 10.3 Å². The first-order chi connectivity index (χ1) is 10.5. The second kappa shape index (κ2) is 6.20. The fourth-order valence-electron chi connectivity index (χ4n) is 2.36. The van der Waals surface area contributed by atoms with Gasteiger partial charge < -0.3 is 0 Å². The molecule has 2 aromatic rings. The zero-order valence-corrected chi connectivity index (χ0v) is 13.8. The minimum atomic E-state index is -3.68. The average Bonchev–Trinajstić information content (AvgIpc) is 2.98. The maximum atomic E-state index is 13.0. The van der Waals surface area contributed by atoms with Gasteiger partial charge in [-0.1, -0.05) is 29.8 Å². The van der Waals surface area contributed by atoms with Gasteiger partial charge in [-0.2, -0.15) is 4.31 Å². The molecule has 3 nitrogen and oxygen atoms in total. The predicted octanol–water partition coefficient (Wildman–Crippen LogP) is 3.92. The van der Waals surface area contributed by atoms with Crippen LogP contribution in [0.1, 0.15) is 10.9 Å². The van der Waals surface area contributed by atoms with Crippen LogP contribution in [0, 0.1) is 5.82 Å². The van der Waals surface area contributed by atoms with Crippen LogP contribution >= 0.6 is 23.4 Å². The lowest BCUT2D eigenvalue weighted by Gasteiger charge is -2.24. The monoisotopic (exact) mass is 357 g/mol. The second-order valence-corrected chi connectivity index (χ2v) is 8.30. The molecule has 0 saturated carbocycles. The maximum absolute atomic E-state index is 13.0. The first-order valence-electron chi connectivity index (χ1n) is 6.63. The minimum absolute atomic E-state index is 0.0912. The molecule has 116 valence electrons. The van der Waals surface area contributed by atoms with Crippen molar-refractivity contribution in [2.45, 2.75) is 10.3 Å². The highest BCUT2D eigenvalue weighted by atomic mass is 35.5. The van der Waals surface area contributed by atoms with E-state index < -0.39 is 15.8 Å². The van der Waals surface area contributed by atoms with E-state index in [0.29, 0.717) is 17.3 Å². The third-order valence-corrected chi connectivity index (χ3v) is 7.04. The number of hydrogen-bond donors (Lipinski definition) is 0. The van der Waals surface area contributed by atoms with Crippen molar-refractivity contribution in [3.63, 3.8) is 0 Å². The molecule has 0 aliphatic carbocycles. The van der Waals surface area contributed by atoms with Crippen LogP contribution in [0.25, 0.3) is 0 Å². The van der Waals surface area contributed by atoms with Crippen LogP contribution in [0.3, 0.4) is 0 Å². The average molecular weight is 358 g/mol. The molecule has 1 fully saturated rings. The molecular weight excluding hydrogens is 345 g/mol. The van der Waals surface area contributed by atoms with Crippen molar-refractivity contribution in [3.05, 3.63) is 64.9 Å². The van der Waals surface area contributed by atoms with E-state index in [0.717, 1.165) is 17.7 Å². The Morgan fingerprint density at radius 2 is 1.82 bits per heavy atom. The van der Waals surface area contributed by atoms with Crippen LogP contribution < -0.4 is 0 Å². The number of thioether (sulfide) groups is 1. The summed E-state index contributed by atoms with van der Waals surface area (Å²) in [6.45, 7) is 0.403. The number of rotatable bonds is 3. The number of hydrogen-bond acceptors (Lipinski definition) is 3. The standard InChI is InChI=1S/C15H13ClFNO2S2/c16-14-4-2-1-3-13(14)15-18(9-10-21-15)22(19,20)12-7-5-11(17)6-8-12/h1-8,15H,9-10H2. The SMILES string of the molecule is O=S(=O)(c1ccc(F)cc1)N1CCSC1c1ccccc1Cl. The van der Waals surface area contributed by atoms with E-state index in [1.54, 1.807) is 6.07 Å². The summed E-state index contributed by atoms with van der Waals surface area (Å²) >= 11 is 7.73. The third kappa shape index (κ3) is 2.88. The Balaban J connectivity index is 1.99. The Morgan fingerprint density at radius 3 is 2.50 bits per heavy atom. The summed E-state index contributed by atoms with van der Waals surface area (Å²) in [5, 5.41) is 0.185. The van der Waals surface area contributed by atoms with Crippen LogP contribution in [0.4, 0.5) is 4.39 Å². The van der Waals surface area contributed by atoms with Gasteiger partial charge in [-0.25, -0.2) is 12.8 Å². The smallest absolute Gasteiger partial charge is 0.207 e. The molecule has 22 heavy (non-hydrogen) atoms. The minimum Gasteiger partial charge on any atom is -0.207 e. The predicted molar refractivity (Wildman–Crippen MR) is 86.9 cm³/mol. The van der Waals surface area contributed by atoms with E-state index in [2.05, 4.69) is 0 Å². The van der Waals surface area contributed by atoms with Gasteiger partial charge in [-0.15, -0.1) is 11.8 Å². The lowest BCUT2D eigenvalue weighted by atomic mass is 10.2. The summed E-state index contributed by atoms with van der Waals surface area (Å²) in [5.41, 5.74) is 0.775. The second-order valence-electron chi connectivity index (χ2n) is 4.81. The van der Waals surface area contributed by atoms with Gasteiger partial charge in [-0.3, -0.25) is 0 Å². The summed E-state index contributed by atoms with van der Waals surface area (Å²) in [7, 11) is -3.68.